The molecule has 0 radical (unpaired) electrons. The van der Waals surface area contributed by atoms with Gasteiger partial charge in [0, 0.05) is 18.9 Å². The topological polar surface area (TPSA) is 111 Å². The molecule has 9 heteroatoms. The molecular formula is C13H15N3O5S. The van der Waals surface area contributed by atoms with Gasteiger partial charge in [-0.15, -0.1) is 0 Å². The van der Waals surface area contributed by atoms with E-state index < -0.39 is 21.4 Å². The maximum Gasteiger partial charge on any atom is 0.341 e. The third kappa shape index (κ3) is 2.63. The predicted molar refractivity (Wildman–Crippen MR) is 77.6 cm³/mol. The van der Waals surface area contributed by atoms with Crippen molar-refractivity contribution in [1.29, 1.82) is 0 Å². The number of pyridine rings is 1. The molecular weight excluding hydrogens is 310 g/mol. The Morgan fingerprint density at radius 1 is 1.50 bits per heavy atom. The van der Waals surface area contributed by atoms with Crippen LogP contribution in [0.4, 0.5) is 0 Å². The SMILES string of the molecule is COC(=O)c1cn(C[C@@H]2CCS(=O)(=O)C2)cc2c(=O)[nH]nc1-2. The first-order valence-corrected chi connectivity index (χ1v) is 8.58. The molecule has 8 nitrogen and oxygen atoms in total. The molecule has 0 unspecified atom stereocenters. The van der Waals surface area contributed by atoms with Gasteiger partial charge in [-0.2, -0.15) is 5.10 Å². The molecule has 0 saturated carbocycles. The van der Waals surface area contributed by atoms with Gasteiger partial charge in [-0.05, 0) is 12.3 Å². The Morgan fingerprint density at radius 2 is 2.27 bits per heavy atom. The maximum absolute atomic E-state index is 11.8. The molecule has 3 rings (SSSR count). The van der Waals surface area contributed by atoms with Gasteiger partial charge in [-0.25, -0.2) is 18.3 Å². The zero-order valence-electron chi connectivity index (χ0n) is 11.9. The highest BCUT2D eigenvalue weighted by atomic mass is 32.2. The molecule has 0 aromatic heterocycles. The average molecular weight is 325 g/mol. The van der Waals surface area contributed by atoms with Crippen LogP contribution in [0.15, 0.2) is 17.2 Å². The molecule has 1 N–H and O–H groups in total. The summed E-state index contributed by atoms with van der Waals surface area (Å²) in [5, 5.41) is 6.14. The summed E-state index contributed by atoms with van der Waals surface area (Å²) in [7, 11) is -1.72. The molecule has 0 aliphatic carbocycles. The summed E-state index contributed by atoms with van der Waals surface area (Å²) in [5.41, 5.74) is 0.323. The lowest BCUT2D eigenvalue weighted by Crippen LogP contribution is -2.16. The first kappa shape index (κ1) is 14.8. The van der Waals surface area contributed by atoms with E-state index in [-0.39, 0.29) is 34.2 Å². The molecule has 0 aromatic carbocycles. The molecule has 118 valence electrons. The number of rotatable bonds is 3. The molecule has 1 fully saturated rings. The number of hydrogen-bond acceptors (Lipinski definition) is 6. The summed E-state index contributed by atoms with van der Waals surface area (Å²) in [5.74, 6) is -0.311. The van der Waals surface area contributed by atoms with Gasteiger partial charge < -0.3 is 9.30 Å². The van der Waals surface area contributed by atoms with Gasteiger partial charge >= 0.3 is 5.97 Å². The Kier molecular flexibility index (Phi) is 3.51. The number of carbonyl (C=O) groups is 1. The van der Waals surface area contributed by atoms with Crippen LogP contribution in [0.25, 0.3) is 11.3 Å². The fraction of sp³-hybridized carbons (Fsp3) is 0.462. The van der Waals surface area contributed by atoms with Crippen molar-refractivity contribution in [2.24, 2.45) is 5.92 Å². The Bertz CT molecular complexity index is 851. The smallest absolute Gasteiger partial charge is 0.341 e. The average Bonchev–Trinajstić information content (AvgIpc) is 3.01. The molecule has 0 amide bonds. The Balaban J connectivity index is 1.99. The molecule has 0 bridgehead atoms. The number of carbonyl (C=O) groups excluding carboxylic acids is 1. The number of sulfone groups is 1. The second-order valence-electron chi connectivity index (χ2n) is 5.44. The van der Waals surface area contributed by atoms with Crippen molar-refractivity contribution in [3.8, 4) is 11.3 Å². The van der Waals surface area contributed by atoms with E-state index in [1.54, 1.807) is 17.0 Å². The summed E-state index contributed by atoms with van der Waals surface area (Å²) >= 11 is 0. The van der Waals surface area contributed by atoms with Gasteiger partial charge in [-0.3, -0.25) is 4.79 Å². The largest absolute Gasteiger partial charge is 0.465 e. The number of esters is 1. The first-order chi connectivity index (χ1) is 10.4. The number of aromatic amines is 1. The van der Waals surface area contributed by atoms with Gasteiger partial charge in [-0.1, -0.05) is 0 Å². The third-order valence-electron chi connectivity index (χ3n) is 3.82. The van der Waals surface area contributed by atoms with Crippen LogP contribution < -0.4 is 5.56 Å². The van der Waals surface area contributed by atoms with E-state index >= 15 is 0 Å². The zero-order valence-corrected chi connectivity index (χ0v) is 12.7. The van der Waals surface area contributed by atoms with E-state index in [9.17, 15) is 18.0 Å². The summed E-state index contributed by atoms with van der Waals surface area (Å²) in [6, 6.07) is 0. The lowest BCUT2D eigenvalue weighted by Gasteiger charge is -2.14. The number of aromatic nitrogens is 3. The van der Waals surface area contributed by atoms with Crippen molar-refractivity contribution in [1.82, 2.24) is 14.8 Å². The fourth-order valence-corrected chi connectivity index (χ4v) is 4.62. The summed E-state index contributed by atoms with van der Waals surface area (Å²) in [6.07, 6.45) is 3.70. The third-order valence-corrected chi connectivity index (χ3v) is 5.65. The predicted octanol–water partition coefficient (Wildman–Crippen LogP) is -0.102. The van der Waals surface area contributed by atoms with Crippen LogP contribution in [-0.2, 0) is 21.1 Å². The van der Waals surface area contributed by atoms with Gasteiger partial charge in [0.2, 0.25) is 0 Å². The monoisotopic (exact) mass is 325 g/mol. The molecule has 1 atom stereocenters. The second-order valence-corrected chi connectivity index (χ2v) is 7.67. The van der Waals surface area contributed by atoms with Gasteiger partial charge in [0.1, 0.15) is 11.3 Å². The van der Waals surface area contributed by atoms with E-state index in [1.807, 2.05) is 0 Å². The minimum Gasteiger partial charge on any atom is -0.465 e. The molecule has 0 spiro atoms. The number of ether oxygens (including phenoxy) is 1. The summed E-state index contributed by atoms with van der Waals surface area (Å²) < 4.78 is 29.4. The zero-order chi connectivity index (χ0) is 15.9. The van der Waals surface area contributed by atoms with Crippen LogP contribution in [-0.4, -0.2) is 47.8 Å². The van der Waals surface area contributed by atoms with E-state index in [0.717, 1.165) is 0 Å². The summed E-state index contributed by atoms with van der Waals surface area (Å²) in [6.45, 7) is 0.420. The number of methoxy groups -OCH3 is 1. The number of H-pyrrole nitrogens is 1. The normalized spacial score (nSPS) is 20.3. The van der Waals surface area contributed by atoms with Crippen LogP contribution in [0.2, 0.25) is 0 Å². The van der Waals surface area contributed by atoms with Crippen molar-refractivity contribution < 1.29 is 17.9 Å². The van der Waals surface area contributed by atoms with Crippen LogP contribution in [0.1, 0.15) is 16.8 Å². The van der Waals surface area contributed by atoms with Gasteiger partial charge in [0.15, 0.2) is 9.84 Å². The first-order valence-electron chi connectivity index (χ1n) is 6.76. The summed E-state index contributed by atoms with van der Waals surface area (Å²) in [4.78, 5) is 23.6. The van der Waals surface area contributed by atoms with E-state index in [2.05, 4.69) is 10.2 Å². The van der Waals surface area contributed by atoms with Crippen LogP contribution in [0.5, 0.6) is 0 Å². The van der Waals surface area contributed by atoms with Crippen molar-refractivity contribution in [2.75, 3.05) is 18.6 Å². The van der Waals surface area contributed by atoms with E-state index in [1.165, 1.54) is 7.11 Å². The lowest BCUT2D eigenvalue weighted by atomic mass is 10.1. The highest BCUT2D eigenvalue weighted by Crippen LogP contribution is 2.24. The Labute approximate surface area is 126 Å². The molecule has 22 heavy (non-hydrogen) atoms. The number of hydrogen-bond donors (Lipinski definition) is 1. The van der Waals surface area contributed by atoms with Crippen LogP contribution in [0.3, 0.4) is 0 Å². The van der Waals surface area contributed by atoms with E-state index in [0.29, 0.717) is 13.0 Å². The van der Waals surface area contributed by atoms with Crippen molar-refractivity contribution in [2.45, 2.75) is 13.0 Å². The van der Waals surface area contributed by atoms with E-state index in [4.69, 9.17) is 4.74 Å². The lowest BCUT2D eigenvalue weighted by molar-refractivity contribution is 0.0600. The standard InChI is InChI=1S/C13H15N3O5S/c1-21-13(18)10-6-16(4-8-2-3-22(19,20)7-8)5-9-11(10)14-15-12(9)17/h5-6,8H,2-4,7H2,1H3,(H,15,17)/t8-/m0/s1. The molecule has 1 saturated heterocycles. The van der Waals surface area contributed by atoms with Gasteiger partial charge in [0.05, 0.1) is 24.2 Å². The minimum absolute atomic E-state index is 0.0278. The molecule has 3 heterocycles. The van der Waals surface area contributed by atoms with Crippen molar-refractivity contribution >= 4 is 15.8 Å². The minimum atomic E-state index is -2.97. The Morgan fingerprint density at radius 3 is 2.91 bits per heavy atom. The molecule has 0 aromatic rings. The number of nitrogens with zero attached hydrogens (tertiary/aromatic N) is 2. The van der Waals surface area contributed by atoms with Crippen LogP contribution >= 0.6 is 0 Å². The molecule has 3 aliphatic heterocycles. The highest BCUT2D eigenvalue weighted by molar-refractivity contribution is 7.91. The second kappa shape index (κ2) is 5.24. The highest BCUT2D eigenvalue weighted by Gasteiger charge is 2.29. The Hall–Kier alpha value is -2.16. The maximum atomic E-state index is 11.8. The van der Waals surface area contributed by atoms with Gasteiger partial charge in [0.25, 0.3) is 5.56 Å². The number of fused-ring (bicyclic) bond motifs is 1. The van der Waals surface area contributed by atoms with Crippen LogP contribution in [0, 0.1) is 5.92 Å². The quantitative estimate of drug-likeness (QED) is 0.789. The fourth-order valence-electron chi connectivity index (χ4n) is 2.77. The molecule has 3 aliphatic rings. The van der Waals surface area contributed by atoms with Crippen molar-refractivity contribution in [3.63, 3.8) is 0 Å². The number of nitrogens with one attached hydrogen (secondary N) is 1. The van der Waals surface area contributed by atoms with Crippen molar-refractivity contribution in [3.05, 3.63) is 28.3 Å².